The molecule has 14 heavy (non-hydrogen) atoms. The van der Waals surface area contributed by atoms with Crippen molar-refractivity contribution in [3.05, 3.63) is 29.6 Å². The fourth-order valence-electron chi connectivity index (χ4n) is 1.93. The molecule has 1 aromatic rings. The average Bonchev–Trinajstić information content (AvgIpc) is 2.44. The number of carbonyl (C=O) groups is 1. The summed E-state index contributed by atoms with van der Waals surface area (Å²) in [4.78, 5) is 13.0. The molecule has 1 heterocycles. The van der Waals surface area contributed by atoms with E-state index in [0.29, 0.717) is 6.54 Å². The molecule has 0 bridgehead atoms. The minimum atomic E-state index is -0.235. The van der Waals surface area contributed by atoms with E-state index in [1.807, 2.05) is 6.92 Å². The van der Waals surface area contributed by atoms with Gasteiger partial charge >= 0.3 is 0 Å². The Hall–Kier alpha value is -1.38. The summed E-state index contributed by atoms with van der Waals surface area (Å²) < 4.78 is 13.0. The monoisotopic (exact) mass is 193 g/mol. The molecule has 2 nitrogen and oxygen atoms in total. The molecule has 0 spiro atoms. The highest BCUT2D eigenvalue weighted by molar-refractivity contribution is 5.94. The Morgan fingerprint density at radius 3 is 2.93 bits per heavy atom. The van der Waals surface area contributed by atoms with Gasteiger partial charge in [0.05, 0.1) is 0 Å². The Morgan fingerprint density at radius 2 is 2.29 bits per heavy atom. The lowest BCUT2D eigenvalue weighted by Gasteiger charge is -2.14. The first-order chi connectivity index (χ1) is 6.59. The van der Waals surface area contributed by atoms with Crippen LogP contribution < -0.4 is 4.90 Å². The first kappa shape index (κ1) is 9.19. The van der Waals surface area contributed by atoms with Gasteiger partial charge in [-0.1, -0.05) is 6.92 Å². The minimum absolute atomic E-state index is 0.0159. The third kappa shape index (κ3) is 1.29. The SMILES string of the molecule is CC(=O)N1CC(C)c2cc(F)ccc21. The predicted molar refractivity (Wildman–Crippen MR) is 52.8 cm³/mol. The van der Waals surface area contributed by atoms with Crippen molar-refractivity contribution in [2.75, 3.05) is 11.4 Å². The fraction of sp³-hybridized carbons (Fsp3) is 0.364. The van der Waals surface area contributed by atoms with Crippen molar-refractivity contribution in [3.8, 4) is 0 Å². The zero-order chi connectivity index (χ0) is 10.3. The Kier molecular flexibility index (Phi) is 2.02. The van der Waals surface area contributed by atoms with Crippen LogP contribution in [0.1, 0.15) is 25.3 Å². The normalized spacial score (nSPS) is 19.6. The molecular weight excluding hydrogens is 181 g/mol. The van der Waals surface area contributed by atoms with Gasteiger partial charge in [0.1, 0.15) is 5.82 Å². The number of anilines is 1. The lowest BCUT2D eigenvalue weighted by molar-refractivity contribution is -0.116. The predicted octanol–water partition coefficient (Wildman–Crippen LogP) is 2.30. The molecular formula is C11H12FNO. The zero-order valence-electron chi connectivity index (χ0n) is 8.25. The summed E-state index contributed by atoms with van der Waals surface area (Å²) in [6, 6.07) is 4.59. The highest BCUT2D eigenvalue weighted by Crippen LogP contribution is 2.36. The average molecular weight is 193 g/mol. The van der Waals surface area contributed by atoms with Gasteiger partial charge in [-0.3, -0.25) is 4.79 Å². The highest BCUT2D eigenvalue weighted by atomic mass is 19.1. The van der Waals surface area contributed by atoms with Crippen LogP contribution in [0.3, 0.4) is 0 Å². The van der Waals surface area contributed by atoms with Crippen molar-refractivity contribution in [3.63, 3.8) is 0 Å². The molecule has 0 saturated carbocycles. The van der Waals surface area contributed by atoms with E-state index in [2.05, 4.69) is 0 Å². The fourth-order valence-corrected chi connectivity index (χ4v) is 1.93. The van der Waals surface area contributed by atoms with Crippen molar-refractivity contribution in [2.24, 2.45) is 0 Å². The molecule has 1 amide bonds. The molecule has 0 fully saturated rings. The van der Waals surface area contributed by atoms with E-state index < -0.39 is 0 Å². The van der Waals surface area contributed by atoms with Crippen molar-refractivity contribution < 1.29 is 9.18 Å². The van der Waals surface area contributed by atoms with Crippen LogP contribution in [0.4, 0.5) is 10.1 Å². The number of nitrogens with zero attached hydrogens (tertiary/aromatic N) is 1. The van der Waals surface area contributed by atoms with Crippen LogP contribution in [-0.2, 0) is 4.79 Å². The third-order valence-electron chi connectivity index (χ3n) is 2.65. The lowest BCUT2D eigenvalue weighted by atomic mass is 10.0. The topological polar surface area (TPSA) is 20.3 Å². The summed E-state index contributed by atoms with van der Waals surface area (Å²) in [5, 5.41) is 0. The minimum Gasteiger partial charge on any atom is -0.312 e. The number of halogens is 1. The van der Waals surface area contributed by atoms with Gasteiger partial charge in [0.2, 0.25) is 5.91 Å². The molecule has 3 heteroatoms. The molecule has 0 saturated heterocycles. The first-order valence-electron chi connectivity index (χ1n) is 4.67. The number of fused-ring (bicyclic) bond motifs is 1. The molecule has 0 N–H and O–H groups in total. The number of rotatable bonds is 0. The van der Waals surface area contributed by atoms with Crippen LogP contribution in [0.15, 0.2) is 18.2 Å². The quantitative estimate of drug-likeness (QED) is 0.619. The summed E-state index contributed by atoms with van der Waals surface area (Å²) in [6.07, 6.45) is 0. The largest absolute Gasteiger partial charge is 0.312 e. The van der Waals surface area contributed by atoms with Gasteiger partial charge in [-0.05, 0) is 23.8 Å². The van der Waals surface area contributed by atoms with E-state index in [9.17, 15) is 9.18 Å². The molecule has 74 valence electrons. The van der Waals surface area contributed by atoms with Gasteiger partial charge in [0, 0.05) is 25.1 Å². The van der Waals surface area contributed by atoms with Gasteiger partial charge in [0.25, 0.3) is 0 Å². The summed E-state index contributed by atoms with van der Waals surface area (Å²) in [6.45, 7) is 4.19. The second-order valence-corrected chi connectivity index (χ2v) is 3.73. The maximum absolute atomic E-state index is 13.0. The second-order valence-electron chi connectivity index (χ2n) is 3.73. The van der Waals surface area contributed by atoms with Crippen LogP contribution in [0.25, 0.3) is 0 Å². The highest BCUT2D eigenvalue weighted by Gasteiger charge is 2.27. The van der Waals surface area contributed by atoms with Gasteiger partial charge in [-0.2, -0.15) is 0 Å². The zero-order valence-corrected chi connectivity index (χ0v) is 8.25. The molecule has 0 radical (unpaired) electrons. The van der Waals surface area contributed by atoms with Gasteiger partial charge in [-0.25, -0.2) is 4.39 Å². The van der Waals surface area contributed by atoms with Crippen molar-refractivity contribution >= 4 is 11.6 Å². The molecule has 1 aromatic carbocycles. The van der Waals surface area contributed by atoms with Crippen LogP contribution in [0, 0.1) is 5.82 Å². The lowest BCUT2D eigenvalue weighted by Crippen LogP contribution is -2.26. The smallest absolute Gasteiger partial charge is 0.223 e. The van der Waals surface area contributed by atoms with E-state index >= 15 is 0 Å². The summed E-state index contributed by atoms with van der Waals surface area (Å²) in [5.41, 5.74) is 1.78. The standard InChI is InChI=1S/C11H12FNO/c1-7-6-13(8(2)14)11-4-3-9(12)5-10(7)11/h3-5,7H,6H2,1-2H3. The van der Waals surface area contributed by atoms with Crippen LogP contribution >= 0.6 is 0 Å². The van der Waals surface area contributed by atoms with E-state index in [4.69, 9.17) is 0 Å². The Morgan fingerprint density at radius 1 is 1.57 bits per heavy atom. The number of hydrogen-bond donors (Lipinski definition) is 0. The molecule has 0 aliphatic carbocycles. The van der Waals surface area contributed by atoms with Crippen molar-refractivity contribution in [2.45, 2.75) is 19.8 Å². The van der Waals surface area contributed by atoms with Crippen molar-refractivity contribution in [1.29, 1.82) is 0 Å². The van der Waals surface area contributed by atoms with Crippen LogP contribution in [0.5, 0.6) is 0 Å². The first-order valence-corrected chi connectivity index (χ1v) is 4.67. The number of benzene rings is 1. The second kappa shape index (κ2) is 3.08. The number of carbonyl (C=O) groups excluding carboxylic acids is 1. The Bertz CT molecular complexity index is 389. The molecule has 1 atom stereocenters. The van der Waals surface area contributed by atoms with Crippen molar-refractivity contribution in [1.82, 2.24) is 0 Å². The maximum atomic E-state index is 13.0. The molecule has 2 rings (SSSR count). The van der Waals surface area contributed by atoms with Gasteiger partial charge in [0.15, 0.2) is 0 Å². The Labute approximate surface area is 82.3 Å². The van der Waals surface area contributed by atoms with Crippen LogP contribution in [-0.4, -0.2) is 12.5 Å². The maximum Gasteiger partial charge on any atom is 0.223 e. The Balaban J connectivity index is 2.49. The van der Waals surface area contributed by atoms with Gasteiger partial charge < -0.3 is 4.90 Å². The molecule has 1 aliphatic heterocycles. The molecule has 1 unspecified atom stereocenters. The van der Waals surface area contributed by atoms with E-state index in [0.717, 1.165) is 11.3 Å². The third-order valence-corrected chi connectivity index (χ3v) is 2.65. The summed E-state index contributed by atoms with van der Waals surface area (Å²) in [7, 11) is 0. The van der Waals surface area contributed by atoms with E-state index in [1.165, 1.54) is 19.1 Å². The molecule has 1 aliphatic rings. The van der Waals surface area contributed by atoms with E-state index in [-0.39, 0.29) is 17.6 Å². The van der Waals surface area contributed by atoms with Gasteiger partial charge in [-0.15, -0.1) is 0 Å². The number of amides is 1. The van der Waals surface area contributed by atoms with Crippen LogP contribution in [0.2, 0.25) is 0 Å². The van der Waals surface area contributed by atoms with E-state index in [1.54, 1.807) is 11.0 Å². The molecule has 0 aromatic heterocycles. The summed E-state index contributed by atoms with van der Waals surface area (Å²) >= 11 is 0. The number of hydrogen-bond acceptors (Lipinski definition) is 1. The summed E-state index contributed by atoms with van der Waals surface area (Å²) in [5.74, 6) is 0.00723.